The van der Waals surface area contributed by atoms with Crippen LogP contribution in [0.25, 0.3) is 0 Å². The number of aryl methyl sites for hydroxylation is 1. The maximum Gasteiger partial charge on any atom is 0.354 e. The molecule has 2 fully saturated rings. The molecule has 2 aliphatic heterocycles. The van der Waals surface area contributed by atoms with E-state index in [4.69, 9.17) is 14.0 Å². The van der Waals surface area contributed by atoms with Crippen molar-refractivity contribution < 1.29 is 27.2 Å². The van der Waals surface area contributed by atoms with E-state index in [1.165, 1.54) is 5.56 Å². The average Bonchev–Trinajstić information content (AvgIpc) is 3.33. The topological polar surface area (TPSA) is 115 Å². The molecule has 34 heavy (non-hydrogen) atoms. The molecule has 0 radical (unpaired) electrons. The first kappa shape index (κ1) is 24.5. The third-order valence-corrected chi connectivity index (χ3v) is 8.10. The number of hydrogen-bond acceptors (Lipinski definition) is 8. The Balaban J connectivity index is 1.53. The van der Waals surface area contributed by atoms with E-state index in [0.717, 1.165) is 18.4 Å². The predicted octanol–water partition coefficient (Wildman–Crippen LogP) is 2.08. The van der Waals surface area contributed by atoms with Crippen molar-refractivity contribution in [2.45, 2.75) is 31.6 Å². The Bertz CT molecular complexity index is 1060. The molecule has 4 rings (SSSR count). The van der Waals surface area contributed by atoms with Gasteiger partial charge in [0.1, 0.15) is 6.61 Å². The summed E-state index contributed by atoms with van der Waals surface area (Å²) in [5, 5.41) is 3.91. The van der Waals surface area contributed by atoms with Crippen molar-refractivity contribution in [1.82, 2.24) is 19.9 Å². The van der Waals surface area contributed by atoms with Gasteiger partial charge in [0, 0.05) is 39.2 Å². The number of carbonyl (C=O) groups is 1. The minimum absolute atomic E-state index is 0.00372. The Labute approximate surface area is 200 Å². The molecule has 1 aromatic heterocycles. The summed E-state index contributed by atoms with van der Waals surface area (Å²) in [6, 6.07) is 8.49. The zero-order valence-corrected chi connectivity index (χ0v) is 20.5. The quantitative estimate of drug-likeness (QED) is 0.540. The van der Waals surface area contributed by atoms with Crippen molar-refractivity contribution in [2.24, 2.45) is 0 Å². The molecule has 2 aromatic rings. The minimum atomic E-state index is -3.07. The average molecular weight is 493 g/mol. The molecule has 2 atom stereocenters. The first-order valence-corrected chi connectivity index (χ1v) is 13.5. The Kier molecular flexibility index (Phi) is 7.72. The van der Waals surface area contributed by atoms with Crippen molar-refractivity contribution >= 4 is 15.9 Å². The lowest BCUT2D eigenvalue weighted by atomic mass is 9.84. The first-order chi connectivity index (χ1) is 16.4. The Morgan fingerprint density at radius 3 is 2.47 bits per heavy atom. The van der Waals surface area contributed by atoms with Gasteiger partial charge < -0.3 is 23.8 Å². The van der Waals surface area contributed by atoms with Gasteiger partial charge in [-0.15, -0.1) is 0 Å². The number of methoxy groups -OCH3 is 1. The van der Waals surface area contributed by atoms with Crippen LogP contribution >= 0.6 is 0 Å². The fourth-order valence-electron chi connectivity index (χ4n) is 4.47. The molecule has 0 N–H and O–H groups in total. The summed E-state index contributed by atoms with van der Waals surface area (Å²) in [6.45, 7) is 4.26. The van der Waals surface area contributed by atoms with Gasteiger partial charge in [-0.2, -0.15) is 4.98 Å². The molecule has 0 aliphatic carbocycles. The molecule has 2 saturated heterocycles. The molecule has 1 aromatic carbocycles. The fraction of sp³-hybridized carbons (Fsp3) is 0.609. The lowest BCUT2D eigenvalue weighted by Gasteiger charge is -2.40. The van der Waals surface area contributed by atoms with E-state index >= 15 is 0 Å². The highest BCUT2D eigenvalue weighted by Crippen LogP contribution is 2.36. The summed E-state index contributed by atoms with van der Waals surface area (Å²) in [5.41, 5.74) is 2.41. The number of carbonyl (C=O) groups excluding carboxylic acids is 1. The van der Waals surface area contributed by atoms with Gasteiger partial charge >= 0.3 is 12.0 Å². The van der Waals surface area contributed by atoms with Gasteiger partial charge in [0.25, 0.3) is 0 Å². The van der Waals surface area contributed by atoms with Crippen molar-refractivity contribution in [3.05, 3.63) is 41.3 Å². The van der Waals surface area contributed by atoms with Crippen molar-refractivity contribution in [3.8, 4) is 6.01 Å². The predicted molar refractivity (Wildman–Crippen MR) is 125 cm³/mol. The number of ether oxygens (including phenoxy) is 2. The van der Waals surface area contributed by atoms with Crippen LogP contribution in [0.4, 0.5) is 4.79 Å². The van der Waals surface area contributed by atoms with Crippen LogP contribution in [0, 0.1) is 0 Å². The van der Waals surface area contributed by atoms with Crippen molar-refractivity contribution in [2.75, 3.05) is 58.0 Å². The molecule has 3 heterocycles. The van der Waals surface area contributed by atoms with Crippen molar-refractivity contribution in [1.29, 1.82) is 0 Å². The smallest absolute Gasteiger partial charge is 0.354 e. The molecule has 0 saturated carbocycles. The highest BCUT2D eigenvalue weighted by molar-refractivity contribution is 7.91. The van der Waals surface area contributed by atoms with Crippen LogP contribution in [-0.2, 0) is 21.0 Å². The van der Waals surface area contributed by atoms with Crippen LogP contribution in [0.2, 0.25) is 0 Å². The summed E-state index contributed by atoms with van der Waals surface area (Å²) in [4.78, 5) is 21.2. The summed E-state index contributed by atoms with van der Waals surface area (Å²) in [5.74, 6) is 0.371. The van der Waals surface area contributed by atoms with E-state index in [1.807, 2.05) is 0 Å². The maximum absolute atomic E-state index is 13.3. The van der Waals surface area contributed by atoms with E-state index in [1.54, 1.807) is 16.9 Å². The molecular weight excluding hydrogens is 460 g/mol. The third-order valence-electron chi connectivity index (χ3n) is 6.49. The van der Waals surface area contributed by atoms with Crippen LogP contribution in [0.3, 0.4) is 0 Å². The van der Waals surface area contributed by atoms with Crippen LogP contribution < -0.4 is 4.74 Å². The van der Waals surface area contributed by atoms with Gasteiger partial charge in [-0.25, -0.2) is 13.2 Å². The maximum atomic E-state index is 13.3. The molecule has 186 valence electrons. The number of likely N-dealkylation sites (tertiary alicyclic amines) is 1. The normalized spacial score (nSPS) is 22.5. The van der Waals surface area contributed by atoms with Gasteiger partial charge in [0.15, 0.2) is 9.84 Å². The number of sulfone groups is 1. The summed E-state index contributed by atoms with van der Waals surface area (Å²) in [6.07, 6.45) is 1.72. The lowest BCUT2D eigenvalue weighted by molar-refractivity contribution is 0.129. The zero-order chi connectivity index (χ0) is 24.1. The van der Waals surface area contributed by atoms with Crippen LogP contribution in [0.5, 0.6) is 6.01 Å². The second kappa shape index (κ2) is 10.7. The van der Waals surface area contributed by atoms with Crippen LogP contribution in [0.1, 0.15) is 42.2 Å². The zero-order valence-electron chi connectivity index (χ0n) is 19.7. The van der Waals surface area contributed by atoms with Gasteiger partial charge in [-0.3, -0.25) is 0 Å². The molecule has 0 spiro atoms. The third kappa shape index (κ3) is 5.87. The van der Waals surface area contributed by atoms with Crippen LogP contribution in [0.15, 0.2) is 28.8 Å². The number of rotatable bonds is 7. The number of nitrogens with zero attached hydrogens (tertiary/aromatic N) is 4. The summed E-state index contributed by atoms with van der Waals surface area (Å²) in [7, 11) is -1.48. The first-order valence-electron chi connectivity index (χ1n) is 11.7. The standard InChI is InChI=1S/C23H32N4O6S/c1-3-17-4-6-18(7-5-17)19-14-20(21-24-22(25-33-21)32-11-10-31-2)16-27(15-19)23(28)26-8-12-34(29,30)13-9-26/h4-7,19-20H,3,8-16H2,1-2H3. The molecule has 2 unspecified atom stereocenters. The Morgan fingerprint density at radius 2 is 1.79 bits per heavy atom. The number of hydrogen-bond donors (Lipinski definition) is 0. The SMILES string of the molecule is CCc1ccc(C2CC(c3nc(OCCOC)no3)CN(C(=O)N3CCS(=O)(=O)CC3)C2)cc1. The van der Waals surface area contributed by atoms with Crippen molar-refractivity contribution in [3.63, 3.8) is 0 Å². The van der Waals surface area contributed by atoms with E-state index < -0.39 is 9.84 Å². The van der Waals surface area contributed by atoms with E-state index in [-0.39, 0.29) is 48.5 Å². The van der Waals surface area contributed by atoms with E-state index in [2.05, 4.69) is 41.3 Å². The second-order valence-corrected chi connectivity index (χ2v) is 11.1. The fourth-order valence-corrected chi connectivity index (χ4v) is 5.67. The number of aromatic nitrogens is 2. The van der Waals surface area contributed by atoms with Crippen LogP contribution in [-0.4, -0.2) is 92.4 Å². The minimum Gasteiger partial charge on any atom is -0.459 e. The number of urea groups is 1. The van der Waals surface area contributed by atoms with E-state index in [9.17, 15) is 13.2 Å². The van der Waals surface area contributed by atoms with Gasteiger partial charge in [-0.1, -0.05) is 31.2 Å². The molecule has 2 aliphatic rings. The Morgan fingerprint density at radius 1 is 1.09 bits per heavy atom. The molecule has 10 nitrogen and oxygen atoms in total. The van der Waals surface area contributed by atoms with Gasteiger partial charge in [-0.05, 0) is 29.1 Å². The molecular formula is C23H32N4O6S. The number of amides is 2. The molecule has 11 heteroatoms. The van der Waals surface area contributed by atoms with Gasteiger partial charge in [0.2, 0.25) is 5.89 Å². The lowest BCUT2D eigenvalue weighted by Crippen LogP contribution is -2.53. The monoisotopic (exact) mass is 492 g/mol. The summed E-state index contributed by atoms with van der Waals surface area (Å²) < 4.78 is 39.6. The van der Waals surface area contributed by atoms with Gasteiger partial charge in [0.05, 0.1) is 24.0 Å². The van der Waals surface area contributed by atoms with E-state index in [0.29, 0.717) is 32.2 Å². The molecule has 2 amide bonds. The largest absolute Gasteiger partial charge is 0.459 e. The number of piperidine rings is 1. The Hall–Kier alpha value is -2.66. The molecule has 0 bridgehead atoms. The second-order valence-electron chi connectivity index (χ2n) is 8.81. The number of benzene rings is 1. The summed E-state index contributed by atoms with van der Waals surface area (Å²) >= 11 is 0. The highest BCUT2D eigenvalue weighted by Gasteiger charge is 2.37. The highest BCUT2D eigenvalue weighted by atomic mass is 32.2.